The van der Waals surface area contributed by atoms with E-state index in [4.69, 9.17) is 21.1 Å². The van der Waals surface area contributed by atoms with E-state index in [2.05, 4.69) is 5.32 Å². The molecule has 1 aliphatic heterocycles. The van der Waals surface area contributed by atoms with Crippen LogP contribution in [0.5, 0.6) is 0 Å². The number of alkyl halides is 1. The van der Waals surface area contributed by atoms with Gasteiger partial charge in [-0.25, -0.2) is 0 Å². The van der Waals surface area contributed by atoms with Crippen LogP contribution in [0.1, 0.15) is 0 Å². The molecule has 0 aliphatic carbocycles. The van der Waals surface area contributed by atoms with Gasteiger partial charge in [0.05, 0.1) is 7.11 Å². The first-order valence-corrected chi connectivity index (χ1v) is 3.54. The SMILES string of the molecule is COC1=CC=CC(Cl)(OC)N1. The van der Waals surface area contributed by atoms with Crippen molar-refractivity contribution in [1.82, 2.24) is 5.32 Å². The minimum Gasteiger partial charge on any atom is -0.482 e. The van der Waals surface area contributed by atoms with Gasteiger partial charge in [0.25, 0.3) is 0 Å². The van der Waals surface area contributed by atoms with Crippen molar-refractivity contribution in [2.45, 2.75) is 5.18 Å². The minimum atomic E-state index is -0.958. The molecule has 1 aliphatic rings. The average Bonchev–Trinajstić information content (AvgIpc) is 2.05. The van der Waals surface area contributed by atoms with Crippen molar-refractivity contribution < 1.29 is 9.47 Å². The third-order valence-electron chi connectivity index (χ3n) is 1.37. The maximum Gasteiger partial charge on any atom is 0.239 e. The highest BCUT2D eigenvalue weighted by molar-refractivity contribution is 6.24. The molecule has 11 heavy (non-hydrogen) atoms. The van der Waals surface area contributed by atoms with Crippen LogP contribution in [0.3, 0.4) is 0 Å². The largest absolute Gasteiger partial charge is 0.482 e. The summed E-state index contributed by atoms with van der Waals surface area (Å²) in [5.74, 6) is 0.587. The number of ether oxygens (including phenoxy) is 2. The number of nitrogens with one attached hydrogen (secondary N) is 1. The molecule has 0 amide bonds. The van der Waals surface area contributed by atoms with Gasteiger partial charge in [0.2, 0.25) is 5.18 Å². The highest BCUT2D eigenvalue weighted by Gasteiger charge is 2.25. The molecule has 1 atom stereocenters. The molecular formula is C7H10ClNO2. The monoisotopic (exact) mass is 175 g/mol. The molecule has 0 fully saturated rings. The first kappa shape index (κ1) is 8.43. The van der Waals surface area contributed by atoms with Crippen molar-refractivity contribution in [2.24, 2.45) is 0 Å². The molecule has 0 aromatic carbocycles. The lowest BCUT2D eigenvalue weighted by atomic mass is 10.3. The Balaban J connectivity index is 2.68. The van der Waals surface area contributed by atoms with Gasteiger partial charge < -0.3 is 14.8 Å². The zero-order valence-corrected chi connectivity index (χ0v) is 7.18. The quantitative estimate of drug-likeness (QED) is 0.505. The van der Waals surface area contributed by atoms with Gasteiger partial charge in [-0.2, -0.15) is 0 Å². The second kappa shape index (κ2) is 3.15. The number of halogens is 1. The summed E-state index contributed by atoms with van der Waals surface area (Å²) in [4.78, 5) is 0. The van der Waals surface area contributed by atoms with Gasteiger partial charge in [-0.3, -0.25) is 0 Å². The first-order chi connectivity index (χ1) is 5.20. The summed E-state index contributed by atoms with van der Waals surface area (Å²) in [6.45, 7) is 0. The van der Waals surface area contributed by atoms with Crippen LogP contribution < -0.4 is 5.32 Å². The van der Waals surface area contributed by atoms with Crippen molar-refractivity contribution in [1.29, 1.82) is 0 Å². The fourth-order valence-corrected chi connectivity index (χ4v) is 0.915. The van der Waals surface area contributed by atoms with Gasteiger partial charge in [-0.05, 0) is 12.2 Å². The maximum absolute atomic E-state index is 5.89. The van der Waals surface area contributed by atoms with Crippen LogP contribution in [-0.2, 0) is 9.47 Å². The van der Waals surface area contributed by atoms with Crippen LogP contribution in [0.4, 0.5) is 0 Å². The van der Waals surface area contributed by atoms with E-state index >= 15 is 0 Å². The second-order valence-electron chi connectivity index (χ2n) is 2.07. The highest BCUT2D eigenvalue weighted by atomic mass is 35.5. The third-order valence-corrected chi connectivity index (χ3v) is 1.74. The summed E-state index contributed by atoms with van der Waals surface area (Å²) in [7, 11) is 3.08. The molecule has 4 heteroatoms. The Morgan fingerprint density at radius 3 is 2.82 bits per heavy atom. The molecule has 3 nitrogen and oxygen atoms in total. The maximum atomic E-state index is 5.89. The topological polar surface area (TPSA) is 30.5 Å². The van der Waals surface area contributed by atoms with Crippen molar-refractivity contribution in [3.63, 3.8) is 0 Å². The Bertz CT molecular complexity index is 203. The van der Waals surface area contributed by atoms with E-state index in [1.165, 1.54) is 7.11 Å². The van der Waals surface area contributed by atoms with Gasteiger partial charge in [0, 0.05) is 7.11 Å². The average molecular weight is 176 g/mol. The first-order valence-electron chi connectivity index (χ1n) is 3.16. The zero-order valence-electron chi connectivity index (χ0n) is 6.43. The Morgan fingerprint density at radius 2 is 2.27 bits per heavy atom. The minimum absolute atomic E-state index is 0.587. The summed E-state index contributed by atoms with van der Waals surface area (Å²) < 4.78 is 9.88. The van der Waals surface area contributed by atoms with Crippen LogP contribution in [0.2, 0.25) is 0 Å². The molecule has 0 spiro atoms. The summed E-state index contributed by atoms with van der Waals surface area (Å²) in [6, 6.07) is 0. The Hall–Kier alpha value is -0.670. The van der Waals surface area contributed by atoms with E-state index in [1.807, 2.05) is 0 Å². The van der Waals surface area contributed by atoms with E-state index < -0.39 is 5.18 Å². The molecular weight excluding hydrogens is 166 g/mol. The van der Waals surface area contributed by atoms with Gasteiger partial charge in [0.1, 0.15) is 0 Å². The van der Waals surface area contributed by atoms with E-state index in [1.54, 1.807) is 25.3 Å². The van der Waals surface area contributed by atoms with Crippen LogP contribution >= 0.6 is 11.6 Å². The Kier molecular flexibility index (Phi) is 2.42. The van der Waals surface area contributed by atoms with Gasteiger partial charge in [-0.1, -0.05) is 17.7 Å². The molecule has 1 unspecified atom stereocenters. The van der Waals surface area contributed by atoms with Crippen LogP contribution in [0.25, 0.3) is 0 Å². The summed E-state index contributed by atoms with van der Waals surface area (Å²) >= 11 is 5.89. The van der Waals surface area contributed by atoms with E-state index in [-0.39, 0.29) is 0 Å². The van der Waals surface area contributed by atoms with E-state index in [0.29, 0.717) is 5.88 Å². The molecule has 0 aromatic heterocycles. The normalized spacial score (nSPS) is 29.2. The van der Waals surface area contributed by atoms with Gasteiger partial charge in [0.15, 0.2) is 5.88 Å². The predicted molar refractivity (Wildman–Crippen MR) is 43.0 cm³/mol. The van der Waals surface area contributed by atoms with Crippen molar-refractivity contribution in [3.05, 3.63) is 24.1 Å². The van der Waals surface area contributed by atoms with Gasteiger partial charge >= 0.3 is 0 Å². The predicted octanol–water partition coefficient (Wildman–Crippen LogP) is 1.17. The van der Waals surface area contributed by atoms with Gasteiger partial charge in [-0.15, -0.1) is 0 Å². The number of hydrogen-bond donors (Lipinski definition) is 1. The van der Waals surface area contributed by atoms with E-state index in [0.717, 1.165) is 0 Å². The highest BCUT2D eigenvalue weighted by Crippen LogP contribution is 2.19. The number of hydrogen-bond acceptors (Lipinski definition) is 3. The summed E-state index contributed by atoms with van der Waals surface area (Å²) in [5.41, 5.74) is 0. The van der Waals surface area contributed by atoms with Crippen LogP contribution in [0.15, 0.2) is 24.1 Å². The summed E-state index contributed by atoms with van der Waals surface area (Å²) in [5, 5.41) is 1.87. The standard InChI is InChI=1S/C7H10ClNO2/c1-10-6-4-3-5-7(8,9-6)11-2/h3-5,9H,1-2H3. The lowest BCUT2D eigenvalue weighted by Gasteiger charge is -2.26. The lowest BCUT2D eigenvalue weighted by Crippen LogP contribution is -2.40. The molecule has 1 N–H and O–H groups in total. The second-order valence-corrected chi connectivity index (χ2v) is 2.63. The smallest absolute Gasteiger partial charge is 0.239 e. The fraction of sp³-hybridized carbons (Fsp3) is 0.429. The van der Waals surface area contributed by atoms with E-state index in [9.17, 15) is 0 Å². The molecule has 0 radical (unpaired) electrons. The molecule has 0 saturated heterocycles. The van der Waals surface area contributed by atoms with Crippen molar-refractivity contribution in [2.75, 3.05) is 14.2 Å². The molecule has 1 heterocycles. The van der Waals surface area contributed by atoms with Crippen molar-refractivity contribution >= 4 is 11.6 Å². The number of dihydropyridines is 1. The zero-order chi connectivity index (χ0) is 8.32. The fourth-order valence-electron chi connectivity index (χ4n) is 0.749. The lowest BCUT2D eigenvalue weighted by molar-refractivity contribution is 0.0627. The Labute approximate surface area is 70.6 Å². The third kappa shape index (κ3) is 1.88. The number of rotatable bonds is 2. The number of allylic oxidation sites excluding steroid dienone is 2. The van der Waals surface area contributed by atoms with Crippen LogP contribution in [0, 0.1) is 0 Å². The molecule has 0 bridgehead atoms. The molecule has 62 valence electrons. The van der Waals surface area contributed by atoms with Crippen molar-refractivity contribution in [3.8, 4) is 0 Å². The molecule has 0 aromatic rings. The Morgan fingerprint density at radius 1 is 1.55 bits per heavy atom. The molecule has 1 rings (SSSR count). The number of methoxy groups -OCH3 is 2. The van der Waals surface area contributed by atoms with Crippen LogP contribution in [-0.4, -0.2) is 19.4 Å². The molecule has 0 saturated carbocycles. The summed E-state index contributed by atoms with van der Waals surface area (Å²) in [6.07, 6.45) is 5.22.